The van der Waals surface area contributed by atoms with Gasteiger partial charge in [-0.25, -0.2) is 4.98 Å². The van der Waals surface area contributed by atoms with Crippen molar-refractivity contribution in [3.63, 3.8) is 0 Å². The molecule has 3 aromatic heterocycles. The van der Waals surface area contributed by atoms with Gasteiger partial charge in [-0.3, -0.25) is 4.79 Å². The molecule has 1 atom stereocenters. The van der Waals surface area contributed by atoms with E-state index in [2.05, 4.69) is 20.4 Å². The van der Waals surface area contributed by atoms with Crippen molar-refractivity contribution in [2.45, 2.75) is 19.4 Å². The van der Waals surface area contributed by atoms with Gasteiger partial charge in [0, 0.05) is 6.07 Å². The highest BCUT2D eigenvalue weighted by molar-refractivity contribution is 7.13. The van der Waals surface area contributed by atoms with Gasteiger partial charge in [-0.05, 0) is 23.4 Å². The van der Waals surface area contributed by atoms with E-state index >= 15 is 0 Å². The normalized spacial score (nSPS) is 12.0. The molecule has 1 aromatic carbocycles. The molecule has 2 N–H and O–H groups in total. The molecule has 3 heterocycles. The zero-order chi connectivity index (χ0) is 18.6. The summed E-state index contributed by atoms with van der Waals surface area (Å²) in [4.78, 5) is 21.3. The van der Waals surface area contributed by atoms with Crippen molar-refractivity contribution in [2.75, 3.05) is 0 Å². The average Bonchev–Trinajstić information content (AvgIpc) is 3.47. The largest absolute Gasteiger partial charge is 0.355 e. The van der Waals surface area contributed by atoms with Crippen molar-refractivity contribution >= 4 is 17.2 Å². The van der Waals surface area contributed by atoms with Crippen molar-refractivity contribution in [1.29, 1.82) is 0 Å². The average molecular weight is 378 g/mol. The number of imidazole rings is 1. The van der Waals surface area contributed by atoms with Crippen LogP contribution in [0.25, 0.3) is 21.9 Å². The maximum atomic E-state index is 12.6. The highest BCUT2D eigenvalue weighted by Crippen LogP contribution is 2.25. The summed E-state index contributed by atoms with van der Waals surface area (Å²) in [6.45, 7) is 2.00. The van der Waals surface area contributed by atoms with Crippen molar-refractivity contribution in [3.05, 3.63) is 71.6 Å². The standard InChI is InChI=1S/C20H18N4O2S/c1-2-14(19-21-12-16(22-19)13-7-4-3-5-8-13)23-20(25)15-11-17(26-24-15)18-9-6-10-27-18/h3-12,14H,2H2,1H3,(H,21,22)(H,23,25). The molecular formula is C20H18N4O2S. The SMILES string of the molecule is CCC(NC(=O)c1cc(-c2cccs2)on1)c1ncc(-c2ccccc2)[nH]1. The van der Waals surface area contributed by atoms with Crippen LogP contribution in [-0.2, 0) is 0 Å². The Morgan fingerprint density at radius 2 is 2.11 bits per heavy atom. The number of rotatable bonds is 6. The summed E-state index contributed by atoms with van der Waals surface area (Å²) in [7, 11) is 0. The lowest BCUT2D eigenvalue weighted by molar-refractivity contribution is 0.0925. The number of nitrogens with zero attached hydrogens (tertiary/aromatic N) is 2. The Labute approximate surface area is 160 Å². The van der Waals surface area contributed by atoms with Crippen LogP contribution in [0, 0.1) is 0 Å². The molecule has 0 aliphatic rings. The molecule has 136 valence electrons. The molecule has 0 aliphatic heterocycles. The Balaban J connectivity index is 1.49. The third-order valence-electron chi connectivity index (χ3n) is 4.23. The van der Waals surface area contributed by atoms with E-state index in [9.17, 15) is 4.79 Å². The molecule has 1 amide bonds. The lowest BCUT2D eigenvalue weighted by Crippen LogP contribution is -2.29. The van der Waals surface area contributed by atoms with Gasteiger partial charge in [0.1, 0.15) is 5.82 Å². The van der Waals surface area contributed by atoms with Gasteiger partial charge in [0.05, 0.1) is 22.8 Å². The summed E-state index contributed by atoms with van der Waals surface area (Å²) < 4.78 is 5.29. The van der Waals surface area contributed by atoms with Crippen LogP contribution >= 0.6 is 11.3 Å². The first-order valence-electron chi connectivity index (χ1n) is 8.66. The number of amides is 1. The van der Waals surface area contributed by atoms with E-state index in [1.807, 2.05) is 54.8 Å². The van der Waals surface area contributed by atoms with E-state index in [1.54, 1.807) is 12.3 Å². The predicted molar refractivity (Wildman–Crippen MR) is 104 cm³/mol. The highest BCUT2D eigenvalue weighted by Gasteiger charge is 2.20. The van der Waals surface area contributed by atoms with Crippen LogP contribution in [0.2, 0.25) is 0 Å². The van der Waals surface area contributed by atoms with E-state index in [1.165, 1.54) is 11.3 Å². The topological polar surface area (TPSA) is 83.8 Å². The predicted octanol–water partition coefficient (Wildman–Crippen LogP) is 4.67. The van der Waals surface area contributed by atoms with Crippen LogP contribution in [0.5, 0.6) is 0 Å². The second kappa shape index (κ2) is 7.59. The molecular weight excluding hydrogens is 360 g/mol. The van der Waals surface area contributed by atoms with Gasteiger partial charge in [0.25, 0.3) is 5.91 Å². The Kier molecular flexibility index (Phi) is 4.84. The van der Waals surface area contributed by atoms with Gasteiger partial charge >= 0.3 is 0 Å². The highest BCUT2D eigenvalue weighted by atomic mass is 32.1. The van der Waals surface area contributed by atoms with E-state index in [4.69, 9.17) is 4.52 Å². The second-order valence-corrected chi connectivity index (χ2v) is 6.98. The lowest BCUT2D eigenvalue weighted by atomic mass is 10.2. The molecule has 0 bridgehead atoms. The fourth-order valence-corrected chi connectivity index (χ4v) is 3.46. The Morgan fingerprint density at radius 3 is 2.85 bits per heavy atom. The first-order chi connectivity index (χ1) is 13.2. The van der Waals surface area contributed by atoms with E-state index < -0.39 is 0 Å². The molecule has 4 aromatic rings. The molecule has 1 unspecified atom stereocenters. The maximum absolute atomic E-state index is 12.6. The van der Waals surface area contributed by atoms with Crippen LogP contribution in [0.3, 0.4) is 0 Å². The van der Waals surface area contributed by atoms with Gasteiger partial charge < -0.3 is 14.8 Å². The van der Waals surface area contributed by atoms with E-state index in [-0.39, 0.29) is 17.6 Å². The first kappa shape index (κ1) is 17.2. The van der Waals surface area contributed by atoms with Crippen molar-refractivity contribution in [3.8, 4) is 21.9 Å². The van der Waals surface area contributed by atoms with Crippen LogP contribution in [0.15, 0.2) is 64.6 Å². The molecule has 0 aliphatic carbocycles. The molecule has 7 heteroatoms. The van der Waals surface area contributed by atoms with Crippen molar-refractivity contribution in [1.82, 2.24) is 20.4 Å². The number of H-pyrrole nitrogens is 1. The number of carbonyl (C=O) groups excluding carboxylic acids is 1. The number of aromatic nitrogens is 3. The van der Waals surface area contributed by atoms with Crippen molar-refractivity contribution in [2.24, 2.45) is 0 Å². The number of carbonyl (C=O) groups is 1. The summed E-state index contributed by atoms with van der Waals surface area (Å²) >= 11 is 1.54. The summed E-state index contributed by atoms with van der Waals surface area (Å²) in [5.74, 6) is 1.02. The summed E-state index contributed by atoms with van der Waals surface area (Å²) in [6, 6.07) is 15.2. The lowest BCUT2D eigenvalue weighted by Gasteiger charge is -2.13. The number of benzene rings is 1. The van der Waals surface area contributed by atoms with E-state index in [0.29, 0.717) is 18.0 Å². The number of nitrogens with one attached hydrogen (secondary N) is 2. The monoisotopic (exact) mass is 378 g/mol. The van der Waals surface area contributed by atoms with Gasteiger partial charge in [-0.1, -0.05) is 48.5 Å². The zero-order valence-corrected chi connectivity index (χ0v) is 15.5. The van der Waals surface area contributed by atoms with Crippen molar-refractivity contribution < 1.29 is 9.32 Å². The van der Waals surface area contributed by atoms with Crippen LogP contribution in [-0.4, -0.2) is 21.0 Å². The smallest absolute Gasteiger partial charge is 0.274 e. The molecule has 27 heavy (non-hydrogen) atoms. The van der Waals surface area contributed by atoms with Crippen LogP contribution in [0.1, 0.15) is 35.7 Å². The molecule has 0 radical (unpaired) electrons. The summed E-state index contributed by atoms with van der Waals surface area (Å²) in [6.07, 6.45) is 2.48. The van der Waals surface area contributed by atoms with E-state index in [0.717, 1.165) is 16.1 Å². The fraction of sp³-hybridized carbons (Fsp3) is 0.150. The molecule has 4 rings (SSSR count). The third kappa shape index (κ3) is 3.68. The summed E-state index contributed by atoms with van der Waals surface area (Å²) in [5.41, 5.74) is 2.22. The summed E-state index contributed by atoms with van der Waals surface area (Å²) in [5, 5.41) is 8.82. The number of hydrogen-bond acceptors (Lipinski definition) is 5. The van der Waals surface area contributed by atoms with Gasteiger partial charge in [-0.15, -0.1) is 11.3 Å². The van der Waals surface area contributed by atoms with Gasteiger partial charge in [0.15, 0.2) is 11.5 Å². The quantitative estimate of drug-likeness (QED) is 0.510. The van der Waals surface area contributed by atoms with Crippen LogP contribution in [0.4, 0.5) is 0 Å². The second-order valence-electron chi connectivity index (χ2n) is 6.04. The first-order valence-corrected chi connectivity index (χ1v) is 9.54. The minimum absolute atomic E-state index is 0.239. The fourth-order valence-electron chi connectivity index (χ4n) is 2.79. The molecule has 0 fully saturated rings. The Hall–Kier alpha value is -3.19. The minimum Gasteiger partial charge on any atom is -0.355 e. The number of aromatic amines is 1. The van der Waals surface area contributed by atoms with Gasteiger partial charge in [0.2, 0.25) is 0 Å². The molecule has 0 spiro atoms. The van der Waals surface area contributed by atoms with Crippen LogP contribution < -0.4 is 5.32 Å². The Bertz CT molecular complexity index is 1020. The number of thiophene rings is 1. The molecule has 0 saturated carbocycles. The Morgan fingerprint density at radius 1 is 1.26 bits per heavy atom. The third-order valence-corrected chi connectivity index (χ3v) is 5.12. The zero-order valence-electron chi connectivity index (χ0n) is 14.7. The molecule has 6 nitrogen and oxygen atoms in total. The minimum atomic E-state index is -0.286. The maximum Gasteiger partial charge on any atom is 0.274 e. The van der Waals surface area contributed by atoms with Gasteiger partial charge in [-0.2, -0.15) is 0 Å². The number of hydrogen-bond donors (Lipinski definition) is 2. The molecule has 0 saturated heterocycles.